The number of halogens is 1. The number of hydrogen-bond acceptors (Lipinski definition) is 2. The maximum atomic E-state index is 11.3. The van der Waals surface area contributed by atoms with E-state index in [9.17, 15) is 4.79 Å². The number of aromatic amines is 1. The molecule has 0 fully saturated rings. The quantitative estimate of drug-likeness (QED) is 0.733. The van der Waals surface area contributed by atoms with E-state index < -0.39 is 0 Å². The number of H-pyrrole nitrogens is 1. The van der Waals surface area contributed by atoms with Crippen LogP contribution in [0.2, 0.25) is 0 Å². The van der Waals surface area contributed by atoms with Crippen LogP contribution in [0.4, 0.5) is 0 Å². The maximum Gasteiger partial charge on any atom is 0.272 e. The predicted molar refractivity (Wildman–Crippen MR) is 48.2 cm³/mol. The van der Waals surface area contributed by atoms with Crippen LogP contribution in [-0.2, 0) is 0 Å². The first-order chi connectivity index (χ1) is 5.66. The molecule has 0 aliphatic carbocycles. The molecular formula is C7H6BrN3O. The first-order valence-electron chi connectivity index (χ1n) is 3.42. The minimum absolute atomic E-state index is 0.0943. The van der Waals surface area contributed by atoms with Crippen LogP contribution in [0.5, 0.6) is 0 Å². The van der Waals surface area contributed by atoms with Gasteiger partial charge in [0.1, 0.15) is 4.60 Å². The molecule has 5 heteroatoms. The van der Waals surface area contributed by atoms with Crippen molar-refractivity contribution in [2.24, 2.45) is 0 Å². The van der Waals surface area contributed by atoms with Gasteiger partial charge in [-0.05, 0) is 22.9 Å². The maximum absolute atomic E-state index is 11.3. The van der Waals surface area contributed by atoms with Crippen molar-refractivity contribution in [1.82, 2.24) is 14.6 Å². The molecule has 62 valence electrons. The molecule has 0 saturated carbocycles. The molecule has 2 heterocycles. The van der Waals surface area contributed by atoms with Gasteiger partial charge >= 0.3 is 0 Å². The lowest BCUT2D eigenvalue weighted by molar-refractivity contribution is 0.881. The largest absolute Gasteiger partial charge is 0.283 e. The lowest BCUT2D eigenvalue weighted by Crippen LogP contribution is -2.14. The molecule has 0 atom stereocenters. The highest BCUT2D eigenvalue weighted by atomic mass is 79.9. The normalized spacial score (nSPS) is 10.8. The second-order valence-electron chi connectivity index (χ2n) is 2.53. The number of hydrogen-bond donors (Lipinski definition) is 1. The molecule has 0 spiro atoms. The average Bonchev–Trinajstić information content (AvgIpc) is 2.29. The Bertz CT molecular complexity index is 485. The summed E-state index contributed by atoms with van der Waals surface area (Å²) in [5.74, 6) is 0. The fourth-order valence-corrected chi connectivity index (χ4v) is 1.46. The number of rotatable bonds is 0. The third kappa shape index (κ3) is 1.06. The van der Waals surface area contributed by atoms with Crippen LogP contribution in [0.15, 0.2) is 21.5 Å². The Morgan fingerprint density at radius 2 is 2.33 bits per heavy atom. The van der Waals surface area contributed by atoms with Crippen LogP contribution < -0.4 is 5.56 Å². The molecule has 0 unspecified atom stereocenters. The van der Waals surface area contributed by atoms with Crippen molar-refractivity contribution < 1.29 is 0 Å². The molecule has 0 aliphatic heterocycles. The van der Waals surface area contributed by atoms with Crippen LogP contribution in [0.25, 0.3) is 5.65 Å². The smallest absolute Gasteiger partial charge is 0.272 e. The topological polar surface area (TPSA) is 50.2 Å². The minimum atomic E-state index is -0.0943. The lowest BCUT2D eigenvalue weighted by Gasteiger charge is -1.92. The van der Waals surface area contributed by atoms with Crippen molar-refractivity contribution in [3.63, 3.8) is 0 Å². The molecular weight excluding hydrogens is 222 g/mol. The van der Waals surface area contributed by atoms with Gasteiger partial charge in [-0.1, -0.05) is 0 Å². The van der Waals surface area contributed by atoms with E-state index in [4.69, 9.17) is 0 Å². The van der Waals surface area contributed by atoms with E-state index in [1.165, 1.54) is 10.6 Å². The number of nitrogens with zero attached hydrogens (tertiary/aromatic N) is 2. The summed E-state index contributed by atoms with van der Waals surface area (Å²) in [7, 11) is 0. The van der Waals surface area contributed by atoms with Crippen molar-refractivity contribution in [1.29, 1.82) is 0 Å². The van der Waals surface area contributed by atoms with Gasteiger partial charge in [0.25, 0.3) is 5.56 Å². The van der Waals surface area contributed by atoms with Gasteiger partial charge in [0.15, 0.2) is 5.65 Å². The summed E-state index contributed by atoms with van der Waals surface area (Å²) in [6, 6.07) is 3.24. The van der Waals surface area contributed by atoms with Gasteiger partial charge in [-0.25, -0.2) is 9.50 Å². The third-order valence-electron chi connectivity index (χ3n) is 1.55. The van der Waals surface area contributed by atoms with E-state index in [0.717, 1.165) is 10.3 Å². The molecule has 0 aromatic carbocycles. The monoisotopic (exact) mass is 227 g/mol. The Morgan fingerprint density at radius 3 is 3.08 bits per heavy atom. The fourth-order valence-electron chi connectivity index (χ4n) is 1.08. The van der Waals surface area contributed by atoms with E-state index in [1.807, 2.05) is 0 Å². The second kappa shape index (κ2) is 2.45. The summed E-state index contributed by atoms with van der Waals surface area (Å²) >= 11 is 3.23. The third-order valence-corrected chi connectivity index (χ3v) is 1.95. The van der Waals surface area contributed by atoms with Crippen molar-refractivity contribution in [2.75, 3.05) is 0 Å². The van der Waals surface area contributed by atoms with Crippen molar-refractivity contribution in [3.8, 4) is 0 Å². The Kier molecular flexibility index (Phi) is 1.54. The summed E-state index contributed by atoms with van der Waals surface area (Å²) < 4.78 is 2.13. The van der Waals surface area contributed by atoms with Gasteiger partial charge in [0.05, 0.1) is 0 Å². The zero-order valence-electron chi connectivity index (χ0n) is 6.34. The van der Waals surface area contributed by atoms with Gasteiger partial charge in [-0.2, -0.15) is 0 Å². The number of fused-ring (bicyclic) bond motifs is 1. The van der Waals surface area contributed by atoms with E-state index in [0.29, 0.717) is 5.65 Å². The van der Waals surface area contributed by atoms with Crippen LogP contribution in [0.1, 0.15) is 5.69 Å². The first-order valence-corrected chi connectivity index (χ1v) is 4.21. The highest BCUT2D eigenvalue weighted by molar-refractivity contribution is 9.10. The van der Waals surface area contributed by atoms with E-state index in [1.54, 1.807) is 13.0 Å². The average molecular weight is 228 g/mol. The Hall–Kier alpha value is -1.10. The summed E-state index contributed by atoms with van der Waals surface area (Å²) in [5, 5.41) is 2.81. The minimum Gasteiger partial charge on any atom is -0.283 e. The van der Waals surface area contributed by atoms with Gasteiger partial charge in [0.2, 0.25) is 0 Å². The summed E-state index contributed by atoms with van der Waals surface area (Å²) in [6.07, 6.45) is 0. The van der Waals surface area contributed by atoms with E-state index in [2.05, 4.69) is 26.0 Å². The van der Waals surface area contributed by atoms with Crippen molar-refractivity contribution in [2.45, 2.75) is 6.92 Å². The zero-order chi connectivity index (χ0) is 8.72. The SMILES string of the molecule is Cc1cc(=O)n2[nH]c(Br)cc2n1. The molecule has 0 amide bonds. The fraction of sp³-hybridized carbons (Fsp3) is 0.143. The second-order valence-corrected chi connectivity index (χ2v) is 3.39. The molecule has 4 nitrogen and oxygen atoms in total. The van der Waals surface area contributed by atoms with Gasteiger partial charge in [-0.15, -0.1) is 0 Å². The summed E-state index contributed by atoms with van der Waals surface area (Å²) in [5.41, 5.74) is 1.27. The Morgan fingerprint density at radius 1 is 1.58 bits per heavy atom. The molecule has 1 N–H and O–H groups in total. The molecule has 0 bridgehead atoms. The van der Waals surface area contributed by atoms with Crippen molar-refractivity contribution >= 4 is 21.6 Å². The summed E-state index contributed by atoms with van der Waals surface area (Å²) in [4.78, 5) is 15.4. The molecule has 0 aliphatic rings. The molecule has 2 aromatic heterocycles. The van der Waals surface area contributed by atoms with Gasteiger partial charge in [-0.3, -0.25) is 9.89 Å². The molecule has 12 heavy (non-hydrogen) atoms. The van der Waals surface area contributed by atoms with Gasteiger partial charge < -0.3 is 0 Å². The zero-order valence-corrected chi connectivity index (χ0v) is 7.92. The molecule has 0 saturated heterocycles. The summed E-state index contributed by atoms with van der Waals surface area (Å²) in [6.45, 7) is 1.79. The van der Waals surface area contributed by atoms with Crippen molar-refractivity contribution in [3.05, 3.63) is 32.8 Å². The Labute approximate surface area is 76.4 Å². The number of aryl methyl sites for hydroxylation is 1. The molecule has 2 rings (SSSR count). The lowest BCUT2D eigenvalue weighted by atomic mass is 10.4. The number of aromatic nitrogens is 3. The highest BCUT2D eigenvalue weighted by Crippen LogP contribution is 2.07. The molecule has 2 aromatic rings. The van der Waals surface area contributed by atoms with Crippen LogP contribution in [-0.4, -0.2) is 14.6 Å². The van der Waals surface area contributed by atoms with Crippen LogP contribution in [0, 0.1) is 6.92 Å². The standard InChI is InChI=1S/C7H6BrN3O/c1-4-2-7(12)11-6(9-4)3-5(8)10-11/h2-3,10H,1H3. The first kappa shape index (κ1) is 7.54. The van der Waals surface area contributed by atoms with Crippen LogP contribution in [0.3, 0.4) is 0 Å². The highest BCUT2D eigenvalue weighted by Gasteiger charge is 2.01. The predicted octanol–water partition coefficient (Wildman–Crippen LogP) is 1.09. The van der Waals surface area contributed by atoms with E-state index >= 15 is 0 Å². The van der Waals surface area contributed by atoms with Crippen LogP contribution >= 0.6 is 15.9 Å². The Balaban J connectivity index is 2.98. The number of nitrogens with one attached hydrogen (secondary N) is 1. The van der Waals surface area contributed by atoms with E-state index in [-0.39, 0.29) is 5.56 Å². The van der Waals surface area contributed by atoms with Gasteiger partial charge in [0, 0.05) is 17.8 Å². The molecule has 0 radical (unpaired) electrons.